The molecule has 27 heavy (non-hydrogen) atoms. The predicted molar refractivity (Wildman–Crippen MR) is 99.2 cm³/mol. The fourth-order valence-electron chi connectivity index (χ4n) is 3.31. The Bertz CT molecular complexity index is 898. The molecule has 6 heteroatoms. The number of benzene rings is 2. The summed E-state index contributed by atoms with van der Waals surface area (Å²) in [7, 11) is 0. The summed E-state index contributed by atoms with van der Waals surface area (Å²) >= 11 is 0. The van der Waals surface area contributed by atoms with Gasteiger partial charge >= 0.3 is 0 Å². The molecule has 0 bridgehead atoms. The Morgan fingerprint density at radius 2 is 1.85 bits per heavy atom. The quantitative estimate of drug-likeness (QED) is 0.846. The molecule has 0 heterocycles. The van der Waals surface area contributed by atoms with E-state index >= 15 is 0 Å². The summed E-state index contributed by atoms with van der Waals surface area (Å²) < 4.78 is 13.3. The van der Waals surface area contributed by atoms with Crippen LogP contribution in [0.2, 0.25) is 0 Å². The zero-order valence-corrected chi connectivity index (χ0v) is 14.8. The molecular formula is C21H20FN3O2. The highest BCUT2D eigenvalue weighted by Crippen LogP contribution is 2.37. The monoisotopic (exact) mass is 365 g/mol. The van der Waals surface area contributed by atoms with E-state index in [-0.39, 0.29) is 18.0 Å². The third kappa shape index (κ3) is 4.32. The Balaban J connectivity index is 1.63. The molecule has 0 aliphatic heterocycles. The third-order valence-corrected chi connectivity index (χ3v) is 4.83. The second kappa shape index (κ2) is 8.00. The van der Waals surface area contributed by atoms with E-state index in [1.807, 2.05) is 6.07 Å². The largest absolute Gasteiger partial charge is 0.351 e. The lowest BCUT2D eigenvalue weighted by Gasteiger charge is -2.19. The molecule has 0 unspecified atom stereocenters. The van der Waals surface area contributed by atoms with E-state index in [0.29, 0.717) is 18.5 Å². The summed E-state index contributed by atoms with van der Waals surface area (Å²) in [5.74, 6) is -1.13. The first kappa shape index (κ1) is 18.6. The molecule has 2 N–H and O–H groups in total. The van der Waals surface area contributed by atoms with E-state index in [1.165, 1.54) is 24.3 Å². The molecule has 0 saturated heterocycles. The fraction of sp³-hybridized carbons (Fsp3) is 0.286. The van der Waals surface area contributed by atoms with Gasteiger partial charge in [0.2, 0.25) is 5.91 Å². The van der Waals surface area contributed by atoms with Crippen molar-refractivity contribution in [2.75, 3.05) is 5.32 Å². The summed E-state index contributed by atoms with van der Waals surface area (Å²) in [6.45, 7) is 0.270. The number of rotatable bonds is 5. The van der Waals surface area contributed by atoms with Crippen molar-refractivity contribution >= 4 is 17.5 Å². The molecular weight excluding hydrogens is 345 g/mol. The molecule has 3 rings (SSSR count). The minimum atomic E-state index is -0.913. The Hall–Kier alpha value is -3.20. The van der Waals surface area contributed by atoms with Crippen molar-refractivity contribution in [1.82, 2.24) is 5.32 Å². The van der Waals surface area contributed by atoms with Gasteiger partial charge in [-0.3, -0.25) is 9.59 Å². The number of anilines is 1. The topological polar surface area (TPSA) is 82.0 Å². The van der Waals surface area contributed by atoms with Gasteiger partial charge in [0.15, 0.2) is 0 Å². The summed E-state index contributed by atoms with van der Waals surface area (Å²) in [6, 6.07) is 14.7. The van der Waals surface area contributed by atoms with Crippen molar-refractivity contribution in [1.29, 1.82) is 5.26 Å². The summed E-state index contributed by atoms with van der Waals surface area (Å²) in [5, 5.41) is 14.9. The zero-order chi connectivity index (χ0) is 19.3. The fourth-order valence-corrected chi connectivity index (χ4v) is 3.31. The predicted octanol–water partition coefficient (Wildman–Crippen LogP) is 3.78. The zero-order valence-electron chi connectivity index (χ0n) is 14.8. The molecule has 0 aromatic heterocycles. The van der Waals surface area contributed by atoms with Gasteiger partial charge in [0.05, 0.1) is 6.07 Å². The van der Waals surface area contributed by atoms with Crippen LogP contribution in [0.3, 0.4) is 0 Å². The van der Waals surface area contributed by atoms with Crippen molar-refractivity contribution in [3.8, 4) is 6.07 Å². The maximum Gasteiger partial charge on any atom is 0.255 e. The number of nitrogens with one attached hydrogen (secondary N) is 2. The van der Waals surface area contributed by atoms with Gasteiger partial charge in [-0.2, -0.15) is 5.26 Å². The lowest BCUT2D eigenvalue weighted by atomic mass is 9.87. The van der Waals surface area contributed by atoms with E-state index in [9.17, 15) is 19.2 Å². The van der Waals surface area contributed by atoms with E-state index < -0.39 is 17.1 Å². The Morgan fingerprint density at radius 1 is 1.11 bits per heavy atom. The highest BCUT2D eigenvalue weighted by molar-refractivity contribution is 6.04. The second-order valence-corrected chi connectivity index (χ2v) is 6.75. The maximum atomic E-state index is 13.3. The summed E-state index contributed by atoms with van der Waals surface area (Å²) in [6.07, 6.45) is 2.98. The van der Waals surface area contributed by atoms with Crippen LogP contribution in [0.1, 0.15) is 41.6 Å². The number of carbonyl (C=O) groups excluding carboxylic acids is 2. The molecule has 2 aromatic rings. The highest BCUT2D eigenvalue weighted by atomic mass is 19.1. The van der Waals surface area contributed by atoms with E-state index in [4.69, 9.17) is 0 Å². The average Bonchev–Trinajstić information content (AvgIpc) is 3.17. The van der Waals surface area contributed by atoms with Gasteiger partial charge in [-0.25, -0.2) is 4.39 Å². The van der Waals surface area contributed by atoms with Gasteiger partial charge in [0, 0.05) is 17.8 Å². The number of hydrogen-bond donors (Lipinski definition) is 2. The molecule has 1 aliphatic rings. The first-order chi connectivity index (χ1) is 13.0. The number of nitriles is 1. The van der Waals surface area contributed by atoms with Crippen molar-refractivity contribution in [2.24, 2.45) is 5.41 Å². The van der Waals surface area contributed by atoms with Crippen LogP contribution in [-0.4, -0.2) is 11.8 Å². The molecule has 1 aliphatic carbocycles. The van der Waals surface area contributed by atoms with Crippen LogP contribution in [0.15, 0.2) is 48.5 Å². The van der Waals surface area contributed by atoms with Crippen LogP contribution in [0.25, 0.3) is 0 Å². The van der Waals surface area contributed by atoms with Gasteiger partial charge < -0.3 is 10.6 Å². The van der Waals surface area contributed by atoms with Crippen molar-refractivity contribution < 1.29 is 14.0 Å². The van der Waals surface area contributed by atoms with Crippen LogP contribution in [0, 0.1) is 22.6 Å². The number of hydrogen-bond acceptors (Lipinski definition) is 3. The first-order valence-corrected chi connectivity index (χ1v) is 8.88. The van der Waals surface area contributed by atoms with Crippen molar-refractivity contribution in [3.05, 3.63) is 65.5 Å². The molecule has 2 aromatic carbocycles. The highest BCUT2D eigenvalue weighted by Gasteiger charge is 2.41. The third-order valence-electron chi connectivity index (χ3n) is 4.83. The molecule has 1 saturated carbocycles. The van der Waals surface area contributed by atoms with Gasteiger partial charge in [-0.1, -0.05) is 31.0 Å². The standard InChI is InChI=1S/C21H20FN3O2/c22-17-7-4-6-16(12-17)19(26)25-18-8-3-5-15(11-18)13-24-20(27)21(14-23)9-1-2-10-21/h3-8,11-12H,1-2,9-10,13H2,(H,24,27)(H,25,26). The van der Waals surface area contributed by atoms with Crippen molar-refractivity contribution in [3.63, 3.8) is 0 Å². The molecule has 0 spiro atoms. The number of carbonyl (C=O) groups is 2. The van der Waals surface area contributed by atoms with Gasteiger partial charge in [-0.15, -0.1) is 0 Å². The second-order valence-electron chi connectivity index (χ2n) is 6.75. The van der Waals surface area contributed by atoms with Crippen LogP contribution in [-0.2, 0) is 11.3 Å². The Labute approximate surface area is 157 Å². The van der Waals surface area contributed by atoms with Gasteiger partial charge in [-0.05, 0) is 48.7 Å². The van der Waals surface area contributed by atoms with E-state index in [1.54, 1.807) is 18.2 Å². The average molecular weight is 365 g/mol. The van der Waals surface area contributed by atoms with Crippen molar-refractivity contribution in [2.45, 2.75) is 32.2 Å². The smallest absolute Gasteiger partial charge is 0.255 e. The summed E-state index contributed by atoms with van der Waals surface area (Å²) in [5.41, 5.74) is 0.660. The van der Waals surface area contributed by atoms with Gasteiger partial charge in [0.25, 0.3) is 5.91 Å². The molecule has 138 valence electrons. The number of amides is 2. The lowest BCUT2D eigenvalue weighted by Crippen LogP contribution is -2.37. The Kier molecular flexibility index (Phi) is 5.51. The molecule has 5 nitrogen and oxygen atoms in total. The normalized spacial score (nSPS) is 15.0. The van der Waals surface area contributed by atoms with Crippen LogP contribution >= 0.6 is 0 Å². The SMILES string of the molecule is N#CC1(C(=O)NCc2cccc(NC(=O)c3cccc(F)c3)c2)CCCC1. The molecule has 2 amide bonds. The van der Waals surface area contributed by atoms with E-state index in [0.717, 1.165) is 18.4 Å². The molecule has 1 fully saturated rings. The molecule has 0 radical (unpaired) electrons. The van der Waals surface area contributed by atoms with Crippen LogP contribution in [0.5, 0.6) is 0 Å². The van der Waals surface area contributed by atoms with Gasteiger partial charge in [0.1, 0.15) is 11.2 Å². The maximum absolute atomic E-state index is 13.3. The van der Waals surface area contributed by atoms with E-state index in [2.05, 4.69) is 16.7 Å². The summed E-state index contributed by atoms with van der Waals surface area (Å²) in [4.78, 5) is 24.6. The minimum Gasteiger partial charge on any atom is -0.351 e. The van der Waals surface area contributed by atoms with Crippen LogP contribution < -0.4 is 10.6 Å². The van der Waals surface area contributed by atoms with Crippen LogP contribution in [0.4, 0.5) is 10.1 Å². The number of halogens is 1. The minimum absolute atomic E-state index is 0.228. The number of nitrogens with zero attached hydrogens (tertiary/aromatic N) is 1. The first-order valence-electron chi connectivity index (χ1n) is 8.88. The Morgan fingerprint density at radius 3 is 2.56 bits per heavy atom. The lowest BCUT2D eigenvalue weighted by molar-refractivity contribution is -0.128. The molecule has 0 atom stereocenters.